The number of fused-ring (bicyclic) bond motifs is 1. The maximum absolute atomic E-state index is 12.6. The molecule has 1 aromatic heterocycles. The summed E-state index contributed by atoms with van der Waals surface area (Å²) in [4.78, 5) is 12.6. The van der Waals surface area contributed by atoms with E-state index in [4.69, 9.17) is 0 Å². The van der Waals surface area contributed by atoms with E-state index in [2.05, 4.69) is 26.2 Å². The summed E-state index contributed by atoms with van der Waals surface area (Å²) in [7, 11) is 1.80. The number of amides is 1. The molecule has 1 amide bonds. The molecule has 1 saturated heterocycles. The number of tetrazole rings is 1. The van der Waals surface area contributed by atoms with Crippen LogP contribution in [0.3, 0.4) is 0 Å². The first-order valence-electron chi connectivity index (χ1n) is 8.60. The number of hydrogen-bond donors (Lipinski definition) is 2. The van der Waals surface area contributed by atoms with Gasteiger partial charge in [0.05, 0.1) is 6.04 Å². The fourth-order valence-corrected chi connectivity index (χ4v) is 3.96. The Morgan fingerprint density at radius 1 is 1.32 bits per heavy atom. The van der Waals surface area contributed by atoms with Crippen LogP contribution in [-0.2, 0) is 11.8 Å². The Kier molecular flexibility index (Phi) is 5.34. The Bertz CT molecular complexity index is 734. The zero-order chi connectivity index (χ0) is 16.5. The van der Waals surface area contributed by atoms with Gasteiger partial charge < -0.3 is 10.6 Å². The third-order valence-corrected chi connectivity index (χ3v) is 5.19. The lowest BCUT2D eigenvalue weighted by Gasteiger charge is -2.24. The van der Waals surface area contributed by atoms with Crippen molar-refractivity contribution in [1.82, 2.24) is 25.5 Å². The van der Waals surface area contributed by atoms with E-state index in [-0.39, 0.29) is 24.4 Å². The molecule has 1 aliphatic carbocycles. The maximum Gasteiger partial charge on any atom is 0.241 e. The monoisotopic (exact) mass is 362 g/mol. The lowest BCUT2D eigenvalue weighted by atomic mass is 9.85. The number of nitrogens with one attached hydrogen (secondary N) is 2. The topological polar surface area (TPSA) is 84.7 Å². The van der Waals surface area contributed by atoms with Crippen molar-refractivity contribution < 1.29 is 4.79 Å². The highest BCUT2D eigenvalue weighted by molar-refractivity contribution is 5.95. The van der Waals surface area contributed by atoms with Crippen LogP contribution in [0, 0.1) is 5.92 Å². The molecule has 25 heavy (non-hydrogen) atoms. The van der Waals surface area contributed by atoms with Gasteiger partial charge in [0, 0.05) is 24.3 Å². The molecule has 7 nitrogen and oxygen atoms in total. The van der Waals surface area contributed by atoms with Crippen molar-refractivity contribution in [2.24, 2.45) is 13.0 Å². The van der Waals surface area contributed by atoms with Gasteiger partial charge in [-0.05, 0) is 47.7 Å². The van der Waals surface area contributed by atoms with E-state index in [1.165, 1.54) is 25.7 Å². The molecule has 1 aliphatic heterocycles. The van der Waals surface area contributed by atoms with Gasteiger partial charge in [-0.25, -0.2) is 4.68 Å². The molecule has 0 spiro atoms. The second-order valence-corrected chi connectivity index (χ2v) is 6.80. The second kappa shape index (κ2) is 7.49. The molecule has 1 aromatic carbocycles. The molecule has 134 valence electrons. The van der Waals surface area contributed by atoms with Crippen LogP contribution in [0.5, 0.6) is 0 Å². The molecule has 2 N–H and O–H groups in total. The van der Waals surface area contributed by atoms with Crippen molar-refractivity contribution in [2.75, 3.05) is 5.32 Å². The second-order valence-electron chi connectivity index (χ2n) is 6.80. The molecule has 3 unspecified atom stereocenters. The van der Waals surface area contributed by atoms with Crippen LogP contribution in [0.25, 0.3) is 11.4 Å². The summed E-state index contributed by atoms with van der Waals surface area (Å²) in [6.07, 6.45) is 5.96. The Morgan fingerprint density at radius 3 is 2.92 bits per heavy atom. The molecule has 1 saturated carbocycles. The summed E-state index contributed by atoms with van der Waals surface area (Å²) < 4.78 is 1.62. The summed E-state index contributed by atoms with van der Waals surface area (Å²) >= 11 is 0. The van der Waals surface area contributed by atoms with Gasteiger partial charge in [-0.3, -0.25) is 4.79 Å². The summed E-state index contributed by atoms with van der Waals surface area (Å²) in [5, 5.41) is 18.1. The predicted molar refractivity (Wildman–Crippen MR) is 97.4 cm³/mol. The Balaban J connectivity index is 0.00000182. The van der Waals surface area contributed by atoms with Crippen LogP contribution in [0.15, 0.2) is 24.3 Å². The molecule has 2 aliphatic rings. The predicted octanol–water partition coefficient (Wildman–Crippen LogP) is 2.16. The normalized spacial score (nSPS) is 25.1. The molecule has 2 heterocycles. The number of carbonyl (C=O) groups excluding carboxylic acids is 1. The van der Waals surface area contributed by atoms with Gasteiger partial charge in [0.15, 0.2) is 5.82 Å². The summed E-state index contributed by atoms with van der Waals surface area (Å²) in [5.74, 6) is 1.39. The number of aryl methyl sites for hydroxylation is 1. The summed E-state index contributed by atoms with van der Waals surface area (Å²) in [5.41, 5.74) is 1.66. The lowest BCUT2D eigenvalue weighted by molar-refractivity contribution is -0.117. The first-order valence-corrected chi connectivity index (χ1v) is 8.60. The minimum Gasteiger partial charge on any atom is -0.325 e. The smallest absolute Gasteiger partial charge is 0.241 e. The maximum atomic E-state index is 12.6. The quantitative estimate of drug-likeness (QED) is 0.874. The van der Waals surface area contributed by atoms with E-state index in [9.17, 15) is 4.79 Å². The zero-order valence-electron chi connectivity index (χ0n) is 14.2. The summed E-state index contributed by atoms with van der Waals surface area (Å²) in [6, 6.07) is 8.08. The van der Waals surface area contributed by atoms with Gasteiger partial charge in [-0.15, -0.1) is 17.5 Å². The minimum atomic E-state index is -0.0850. The number of halogens is 1. The fraction of sp³-hybridized carbons (Fsp3) is 0.529. The van der Waals surface area contributed by atoms with E-state index in [0.717, 1.165) is 17.7 Å². The van der Waals surface area contributed by atoms with E-state index < -0.39 is 0 Å². The molecule has 3 atom stereocenters. The van der Waals surface area contributed by atoms with Gasteiger partial charge >= 0.3 is 0 Å². The molecule has 0 bridgehead atoms. The van der Waals surface area contributed by atoms with Crippen LogP contribution in [-0.4, -0.2) is 38.2 Å². The number of rotatable bonds is 3. The van der Waals surface area contributed by atoms with E-state index >= 15 is 0 Å². The Morgan fingerprint density at radius 2 is 2.16 bits per heavy atom. The number of carbonyl (C=O) groups is 1. The highest BCUT2D eigenvalue weighted by atomic mass is 35.5. The van der Waals surface area contributed by atoms with Crippen LogP contribution >= 0.6 is 12.4 Å². The SMILES string of the molecule is Cl.Cn1nnnc1-c1cccc(NC(=O)C2CC3CCCCC3N2)c1. The van der Waals surface area contributed by atoms with Crippen molar-refractivity contribution in [3.05, 3.63) is 24.3 Å². The van der Waals surface area contributed by atoms with Crippen molar-refractivity contribution >= 4 is 24.0 Å². The zero-order valence-corrected chi connectivity index (χ0v) is 15.0. The first-order chi connectivity index (χ1) is 11.7. The van der Waals surface area contributed by atoms with Crippen LogP contribution < -0.4 is 10.6 Å². The van der Waals surface area contributed by atoms with Crippen LogP contribution in [0.1, 0.15) is 32.1 Å². The lowest BCUT2D eigenvalue weighted by Crippen LogP contribution is -2.39. The van der Waals surface area contributed by atoms with Crippen molar-refractivity contribution in [2.45, 2.75) is 44.2 Å². The van der Waals surface area contributed by atoms with Gasteiger partial charge in [-0.2, -0.15) is 0 Å². The molecule has 2 fully saturated rings. The third-order valence-electron chi connectivity index (χ3n) is 5.19. The van der Waals surface area contributed by atoms with Crippen molar-refractivity contribution in [3.63, 3.8) is 0 Å². The number of benzene rings is 1. The van der Waals surface area contributed by atoms with Gasteiger partial charge in [0.1, 0.15) is 0 Å². The van der Waals surface area contributed by atoms with Gasteiger partial charge in [0.25, 0.3) is 0 Å². The highest BCUT2D eigenvalue weighted by Crippen LogP contribution is 2.33. The van der Waals surface area contributed by atoms with E-state index in [0.29, 0.717) is 17.8 Å². The van der Waals surface area contributed by atoms with Gasteiger partial charge in [0.2, 0.25) is 5.91 Å². The number of aromatic nitrogens is 4. The van der Waals surface area contributed by atoms with Gasteiger partial charge in [-0.1, -0.05) is 25.0 Å². The summed E-state index contributed by atoms with van der Waals surface area (Å²) in [6.45, 7) is 0. The number of nitrogens with zero attached hydrogens (tertiary/aromatic N) is 4. The van der Waals surface area contributed by atoms with Crippen LogP contribution in [0.4, 0.5) is 5.69 Å². The van der Waals surface area contributed by atoms with Crippen molar-refractivity contribution in [1.29, 1.82) is 0 Å². The molecule has 4 rings (SSSR count). The Labute approximate surface area is 153 Å². The number of hydrogen-bond acceptors (Lipinski definition) is 5. The van der Waals surface area contributed by atoms with Crippen molar-refractivity contribution in [3.8, 4) is 11.4 Å². The molecular weight excluding hydrogens is 340 g/mol. The Hall–Kier alpha value is -1.99. The van der Waals surface area contributed by atoms with Crippen LogP contribution in [0.2, 0.25) is 0 Å². The largest absolute Gasteiger partial charge is 0.325 e. The average molecular weight is 363 g/mol. The molecular formula is C17H23ClN6O. The van der Waals surface area contributed by atoms with E-state index in [1.54, 1.807) is 11.7 Å². The number of anilines is 1. The first kappa shape index (κ1) is 17.8. The molecule has 0 radical (unpaired) electrons. The highest BCUT2D eigenvalue weighted by Gasteiger charge is 2.38. The fourth-order valence-electron chi connectivity index (χ4n) is 3.96. The van der Waals surface area contributed by atoms with E-state index in [1.807, 2.05) is 24.3 Å². The molecule has 8 heteroatoms. The minimum absolute atomic E-state index is 0. The third kappa shape index (κ3) is 3.67. The molecule has 2 aromatic rings. The average Bonchev–Trinajstić information content (AvgIpc) is 3.21. The standard InChI is InChI=1S/C17H22N6O.ClH/c1-23-16(20-21-22-23)12-6-4-7-13(9-12)18-17(24)15-10-11-5-2-3-8-14(11)19-15;/h4,6-7,9,11,14-15,19H,2-3,5,8,10H2,1H3,(H,18,24);1H.